The third-order valence-corrected chi connectivity index (χ3v) is 6.10. The van der Waals surface area contributed by atoms with Gasteiger partial charge in [0.2, 0.25) is 5.91 Å². The standard InChI is InChI=1S/C22H24Cl2N4OS/c1-3-4-10-20(29)25-15(2)21-26-27-22(30-14-16-8-6-5-7-9-16)28(21)19-13-17(23)11-12-18(19)24/h5-9,11-13,15H,3-4,10,14H2,1-2H3,(H,25,29). The van der Waals surface area contributed by atoms with E-state index in [1.807, 2.05) is 29.7 Å². The lowest BCUT2D eigenvalue weighted by atomic mass is 10.2. The number of halogens is 2. The van der Waals surface area contributed by atoms with E-state index in [2.05, 4.69) is 34.6 Å². The Labute approximate surface area is 191 Å². The normalized spacial score (nSPS) is 12.0. The summed E-state index contributed by atoms with van der Waals surface area (Å²) in [6, 6.07) is 15.1. The fourth-order valence-corrected chi connectivity index (χ4v) is 4.25. The SMILES string of the molecule is CCCCC(=O)NC(C)c1nnc(SCc2ccccc2)n1-c1cc(Cl)ccc1Cl. The van der Waals surface area contributed by atoms with Crippen molar-refractivity contribution in [2.24, 2.45) is 0 Å². The van der Waals surface area contributed by atoms with Crippen LogP contribution in [0.4, 0.5) is 0 Å². The molecule has 1 atom stereocenters. The molecule has 3 aromatic rings. The monoisotopic (exact) mass is 462 g/mol. The van der Waals surface area contributed by atoms with Crippen molar-refractivity contribution < 1.29 is 4.79 Å². The van der Waals surface area contributed by atoms with Crippen molar-refractivity contribution in [2.75, 3.05) is 0 Å². The predicted octanol–water partition coefficient (Wildman–Crippen LogP) is 6.23. The summed E-state index contributed by atoms with van der Waals surface area (Å²) in [7, 11) is 0. The lowest BCUT2D eigenvalue weighted by Gasteiger charge is -2.17. The number of benzene rings is 2. The van der Waals surface area contributed by atoms with Crippen LogP contribution in [0.25, 0.3) is 5.69 Å². The summed E-state index contributed by atoms with van der Waals surface area (Å²) in [5.74, 6) is 1.34. The Morgan fingerprint density at radius 2 is 1.93 bits per heavy atom. The molecule has 1 N–H and O–H groups in total. The van der Waals surface area contributed by atoms with E-state index in [1.165, 1.54) is 5.56 Å². The number of thioether (sulfide) groups is 1. The second kappa shape index (κ2) is 10.8. The van der Waals surface area contributed by atoms with Crippen LogP contribution in [0.1, 0.15) is 50.5 Å². The number of carbonyl (C=O) groups is 1. The van der Waals surface area contributed by atoms with Crippen LogP contribution in [0.5, 0.6) is 0 Å². The summed E-state index contributed by atoms with van der Waals surface area (Å²) in [4.78, 5) is 12.3. The largest absolute Gasteiger partial charge is 0.346 e. The molecule has 0 aliphatic rings. The highest BCUT2D eigenvalue weighted by molar-refractivity contribution is 7.98. The van der Waals surface area contributed by atoms with Crippen LogP contribution < -0.4 is 5.32 Å². The number of aromatic nitrogens is 3. The number of carbonyl (C=O) groups excluding carboxylic acids is 1. The summed E-state index contributed by atoms with van der Waals surface area (Å²) in [5.41, 5.74) is 1.87. The van der Waals surface area contributed by atoms with Gasteiger partial charge in [0.05, 0.1) is 16.8 Å². The van der Waals surface area contributed by atoms with E-state index < -0.39 is 0 Å². The zero-order valence-electron chi connectivity index (χ0n) is 16.9. The first-order valence-corrected chi connectivity index (χ1v) is 11.6. The smallest absolute Gasteiger partial charge is 0.220 e. The van der Waals surface area contributed by atoms with E-state index in [1.54, 1.807) is 30.0 Å². The van der Waals surface area contributed by atoms with Gasteiger partial charge in [-0.3, -0.25) is 9.36 Å². The van der Waals surface area contributed by atoms with Crippen molar-refractivity contribution in [2.45, 2.75) is 50.1 Å². The van der Waals surface area contributed by atoms with Crippen LogP contribution in [0.15, 0.2) is 53.7 Å². The van der Waals surface area contributed by atoms with Crippen molar-refractivity contribution in [1.82, 2.24) is 20.1 Å². The van der Waals surface area contributed by atoms with E-state index in [4.69, 9.17) is 23.2 Å². The van der Waals surface area contributed by atoms with Gasteiger partial charge < -0.3 is 5.32 Å². The van der Waals surface area contributed by atoms with E-state index in [9.17, 15) is 4.79 Å². The molecule has 3 rings (SSSR count). The number of rotatable bonds is 9. The van der Waals surface area contributed by atoms with E-state index in [-0.39, 0.29) is 11.9 Å². The molecule has 5 nitrogen and oxygen atoms in total. The van der Waals surface area contributed by atoms with Gasteiger partial charge in [0, 0.05) is 17.2 Å². The molecule has 2 aromatic carbocycles. The summed E-state index contributed by atoms with van der Waals surface area (Å²) in [5, 5.41) is 13.6. The highest BCUT2D eigenvalue weighted by atomic mass is 35.5. The number of nitrogens with zero attached hydrogens (tertiary/aromatic N) is 3. The highest BCUT2D eigenvalue weighted by Gasteiger charge is 2.22. The number of hydrogen-bond donors (Lipinski definition) is 1. The van der Waals surface area contributed by atoms with Crippen LogP contribution in [0.3, 0.4) is 0 Å². The van der Waals surface area contributed by atoms with Crippen molar-refractivity contribution in [3.8, 4) is 5.69 Å². The molecule has 0 fully saturated rings. The number of unbranched alkanes of at least 4 members (excludes halogenated alkanes) is 1. The molecule has 0 aliphatic carbocycles. The first-order valence-electron chi connectivity index (χ1n) is 9.86. The number of hydrogen-bond acceptors (Lipinski definition) is 4. The maximum atomic E-state index is 12.3. The van der Waals surface area contributed by atoms with Crippen LogP contribution in [0, 0.1) is 0 Å². The van der Waals surface area contributed by atoms with Crippen molar-refractivity contribution in [3.05, 3.63) is 70.0 Å². The molecule has 1 heterocycles. The van der Waals surface area contributed by atoms with Crippen LogP contribution in [-0.2, 0) is 10.5 Å². The van der Waals surface area contributed by atoms with Gasteiger partial charge in [-0.2, -0.15) is 0 Å². The van der Waals surface area contributed by atoms with Gasteiger partial charge in [0.25, 0.3) is 0 Å². The zero-order chi connectivity index (χ0) is 21.5. The average molecular weight is 463 g/mol. The Hall–Kier alpha value is -2.02. The minimum Gasteiger partial charge on any atom is -0.346 e. The van der Waals surface area contributed by atoms with Crippen molar-refractivity contribution in [1.29, 1.82) is 0 Å². The Morgan fingerprint density at radius 1 is 1.17 bits per heavy atom. The maximum Gasteiger partial charge on any atom is 0.220 e. The maximum absolute atomic E-state index is 12.3. The molecule has 0 saturated heterocycles. The lowest BCUT2D eigenvalue weighted by Crippen LogP contribution is -2.28. The molecule has 158 valence electrons. The molecule has 0 spiro atoms. The van der Waals surface area contributed by atoms with Gasteiger partial charge in [-0.25, -0.2) is 0 Å². The van der Waals surface area contributed by atoms with Gasteiger partial charge in [0.1, 0.15) is 0 Å². The van der Waals surface area contributed by atoms with E-state index in [0.717, 1.165) is 18.6 Å². The number of nitrogens with one attached hydrogen (secondary N) is 1. The van der Waals surface area contributed by atoms with Crippen LogP contribution >= 0.6 is 35.0 Å². The van der Waals surface area contributed by atoms with Gasteiger partial charge in [-0.05, 0) is 37.1 Å². The Bertz CT molecular complexity index is 994. The Kier molecular flexibility index (Phi) is 8.19. The summed E-state index contributed by atoms with van der Waals surface area (Å²) in [6.45, 7) is 3.96. The predicted molar refractivity (Wildman–Crippen MR) is 123 cm³/mol. The van der Waals surface area contributed by atoms with E-state index in [0.29, 0.717) is 33.1 Å². The highest BCUT2D eigenvalue weighted by Crippen LogP contribution is 2.32. The first-order chi connectivity index (χ1) is 14.5. The first kappa shape index (κ1) is 22.7. The van der Waals surface area contributed by atoms with Gasteiger partial charge in [-0.15, -0.1) is 10.2 Å². The van der Waals surface area contributed by atoms with Crippen molar-refractivity contribution in [3.63, 3.8) is 0 Å². The molecule has 1 unspecified atom stereocenters. The summed E-state index contributed by atoms with van der Waals surface area (Å²) in [6.07, 6.45) is 2.31. The van der Waals surface area contributed by atoms with Gasteiger partial charge in [-0.1, -0.05) is 78.6 Å². The third kappa shape index (κ3) is 5.78. The second-order valence-electron chi connectivity index (χ2n) is 6.94. The molecule has 0 bridgehead atoms. The molecule has 30 heavy (non-hydrogen) atoms. The minimum atomic E-state index is -0.331. The lowest BCUT2D eigenvalue weighted by molar-refractivity contribution is -0.121. The fourth-order valence-electron chi connectivity index (χ4n) is 2.98. The third-order valence-electron chi connectivity index (χ3n) is 4.54. The number of amides is 1. The molecule has 1 aromatic heterocycles. The summed E-state index contributed by atoms with van der Waals surface area (Å²) < 4.78 is 1.88. The van der Waals surface area contributed by atoms with Crippen molar-refractivity contribution >= 4 is 40.9 Å². The molecule has 8 heteroatoms. The second-order valence-corrected chi connectivity index (χ2v) is 8.73. The van der Waals surface area contributed by atoms with E-state index >= 15 is 0 Å². The molecular weight excluding hydrogens is 439 g/mol. The molecule has 0 saturated carbocycles. The van der Waals surface area contributed by atoms with Crippen LogP contribution in [-0.4, -0.2) is 20.7 Å². The Morgan fingerprint density at radius 3 is 2.67 bits per heavy atom. The average Bonchev–Trinajstić information content (AvgIpc) is 3.17. The van der Waals surface area contributed by atoms with Gasteiger partial charge in [0.15, 0.2) is 11.0 Å². The minimum absolute atomic E-state index is 0.00502. The Balaban J connectivity index is 1.93. The summed E-state index contributed by atoms with van der Waals surface area (Å²) >= 11 is 14.3. The van der Waals surface area contributed by atoms with Crippen LogP contribution in [0.2, 0.25) is 10.0 Å². The fraction of sp³-hybridized carbons (Fsp3) is 0.318. The topological polar surface area (TPSA) is 59.8 Å². The molecule has 0 aliphatic heterocycles. The van der Waals surface area contributed by atoms with Gasteiger partial charge >= 0.3 is 0 Å². The quantitative estimate of drug-likeness (QED) is 0.382. The molecule has 1 amide bonds. The molecule has 0 radical (unpaired) electrons. The zero-order valence-corrected chi connectivity index (χ0v) is 19.3. The molecular formula is C22H24Cl2N4OS.